The highest BCUT2D eigenvalue weighted by atomic mass is 35.5. The van der Waals surface area contributed by atoms with Crippen molar-refractivity contribution in [1.29, 1.82) is 0 Å². The number of benzene rings is 2. The summed E-state index contributed by atoms with van der Waals surface area (Å²) >= 11 is 0. The van der Waals surface area contributed by atoms with E-state index in [1.165, 1.54) is 12.1 Å². The number of rotatable bonds is 5. The van der Waals surface area contributed by atoms with Crippen LogP contribution >= 0.6 is 12.4 Å². The number of hydrogen-bond acceptors (Lipinski definition) is 3. The van der Waals surface area contributed by atoms with Crippen LogP contribution in [0, 0.1) is 5.82 Å². The summed E-state index contributed by atoms with van der Waals surface area (Å²) in [5, 5.41) is 6.11. The van der Waals surface area contributed by atoms with Crippen LogP contribution in [0.15, 0.2) is 48.5 Å². The Labute approximate surface area is 146 Å². The SMILES string of the molecule is Cl.O=C(NCc1ccc(Oc2ccc(F)cc2)cc1)C1CCCN1. The highest BCUT2D eigenvalue weighted by Gasteiger charge is 2.21. The third-order valence-electron chi connectivity index (χ3n) is 3.82. The quantitative estimate of drug-likeness (QED) is 0.868. The van der Waals surface area contributed by atoms with Crippen molar-refractivity contribution in [3.05, 3.63) is 59.9 Å². The van der Waals surface area contributed by atoms with Gasteiger partial charge in [-0.3, -0.25) is 4.79 Å². The summed E-state index contributed by atoms with van der Waals surface area (Å²) in [4.78, 5) is 11.9. The summed E-state index contributed by atoms with van der Waals surface area (Å²) in [6, 6.07) is 13.3. The van der Waals surface area contributed by atoms with E-state index in [0.29, 0.717) is 18.0 Å². The first-order valence-corrected chi connectivity index (χ1v) is 7.74. The van der Waals surface area contributed by atoms with Crippen molar-refractivity contribution in [2.75, 3.05) is 6.54 Å². The Morgan fingerprint density at radius 1 is 1.12 bits per heavy atom. The van der Waals surface area contributed by atoms with Gasteiger partial charge in [-0.05, 0) is 61.3 Å². The Morgan fingerprint density at radius 2 is 1.75 bits per heavy atom. The monoisotopic (exact) mass is 350 g/mol. The van der Waals surface area contributed by atoms with Gasteiger partial charge in [0.25, 0.3) is 0 Å². The average Bonchev–Trinajstić information content (AvgIpc) is 3.11. The standard InChI is InChI=1S/C18H19FN2O2.ClH/c19-14-5-9-16(10-6-14)23-15-7-3-13(4-8-15)12-21-18(22)17-2-1-11-20-17;/h3-10,17,20H,1-2,11-12H2,(H,21,22);1H. The molecular formula is C18H20ClFN2O2. The third kappa shape index (κ3) is 4.94. The summed E-state index contributed by atoms with van der Waals surface area (Å²) in [6.45, 7) is 1.40. The average molecular weight is 351 g/mol. The second-order valence-electron chi connectivity index (χ2n) is 5.57. The van der Waals surface area contributed by atoms with Gasteiger partial charge in [-0.1, -0.05) is 12.1 Å². The first kappa shape index (κ1) is 18.2. The lowest BCUT2D eigenvalue weighted by Crippen LogP contribution is -2.39. The molecule has 3 rings (SSSR count). The molecule has 1 saturated heterocycles. The number of nitrogens with one attached hydrogen (secondary N) is 2. The predicted octanol–water partition coefficient (Wildman–Crippen LogP) is 3.41. The van der Waals surface area contributed by atoms with E-state index in [0.717, 1.165) is 24.9 Å². The minimum atomic E-state index is -0.291. The molecule has 24 heavy (non-hydrogen) atoms. The number of amides is 1. The molecule has 128 valence electrons. The first-order chi connectivity index (χ1) is 11.2. The predicted molar refractivity (Wildman–Crippen MR) is 93.0 cm³/mol. The molecule has 6 heteroatoms. The van der Waals surface area contributed by atoms with E-state index in [-0.39, 0.29) is 30.2 Å². The molecule has 2 aromatic carbocycles. The number of ether oxygens (including phenoxy) is 1. The van der Waals surface area contributed by atoms with E-state index >= 15 is 0 Å². The summed E-state index contributed by atoms with van der Waals surface area (Å²) in [5.41, 5.74) is 1.00. The van der Waals surface area contributed by atoms with E-state index < -0.39 is 0 Å². The van der Waals surface area contributed by atoms with Crippen molar-refractivity contribution < 1.29 is 13.9 Å². The maximum Gasteiger partial charge on any atom is 0.237 e. The maximum atomic E-state index is 12.8. The second-order valence-corrected chi connectivity index (χ2v) is 5.57. The van der Waals surface area contributed by atoms with Gasteiger partial charge in [0.15, 0.2) is 0 Å². The van der Waals surface area contributed by atoms with Gasteiger partial charge in [0.05, 0.1) is 6.04 Å². The first-order valence-electron chi connectivity index (χ1n) is 7.74. The fraction of sp³-hybridized carbons (Fsp3) is 0.278. The maximum absolute atomic E-state index is 12.8. The van der Waals surface area contributed by atoms with Gasteiger partial charge < -0.3 is 15.4 Å². The highest BCUT2D eigenvalue weighted by molar-refractivity contribution is 5.85. The molecule has 1 aliphatic rings. The lowest BCUT2D eigenvalue weighted by Gasteiger charge is -2.11. The fourth-order valence-corrected chi connectivity index (χ4v) is 2.53. The Morgan fingerprint density at radius 3 is 2.33 bits per heavy atom. The number of carbonyl (C=O) groups excluding carboxylic acids is 1. The third-order valence-corrected chi connectivity index (χ3v) is 3.82. The molecule has 4 nitrogen and oxygen atoms in total. The van der Waals surface area contributed by atoms with Crippen molar-refractivity contribution >= 4 is 18.3 Å². The van der Waals surface area contributed by atoms with Crippen LogP contribution in [0.1, 0.15) is 18.4 Å². The molecule has 1 aliphatic heterocycles. The van der Waals surface area contributed by atoms with Crippen molar-refractivity contribution in [1.82, 2.24) is 10.6 Å². The highest BCUT2D eigenvalue weighted by Crippen LogP contribution is 2.21. The van der Waals surface area contributed by atoms with Crippen LogP contribution in [0.4, 0.5) is 4.39 Å². The van der Waals surface area contributed by atoms with Crippen molar-refractivity contribution in [2.45, 2.75) is 25.4 Å². The normalized spacial score (nSPS) is 16.3. The van der Waals surface area contributed by atoms with E-state index in [1.807, 2.05) is 24.3 Å². The van der Waals surface area contributed by atoms with Gasteiger partial charge in [0.2, 0.25) is 5.91 Å². The summed E-state index contributed by atoms with van der Waals surface area (Å²) in [6.07, 6.45) is 1.95. The van der Waals surface area contributed by atoms with E-state index in [4.69, 9.17) is 4.74 Å². The fourth-order valence-electron chi connectivity index (χ4n) is 2.53. The van der Waals surface area contributed by atoms with Gasteiger partial charge in [-0.2, -0.15) is 0 Å². The summed E-state index contributed by atoms with van der Waals surface area (Å²) < 4.78 is 18.5. The van der Waals surface area contributed by atoms with E-state index in [9.17, 15) is 9.18 Å². The molecule has 0 saturated carbocycles. The van der Waals surface area contributed by atoms with Crippen LogP contribution in [0.3, 0.4) is 0 Å². The molecular weight excluding hydrogens is 331 g/mol. The summed E-state index contributed by atoms with van der Waals surface area (Å²) in [5.74, 6) is 1.01. The van der Waals surface area contributed by atoms with Crippen molar-refractivity contribution in [3.8, 4) is 11.5 Å². The van der Waals surface area contributed by atoms with Gasteiger partial charge in [0, 0.05) is 6.54 Å². The van der Waals surface area contributed by atoms with Crippen LogP contribution < -0.4 is 15.4 Å². The molecule has 1 fully saturated rings. The number of carbonyl (C=O) groups is 1. The summed E-state index contributed by atoms with van der Waals surface area (Å²) in [7, 11) is 0. The van der Waals surface area contributed by atoms with Crippen molar-refractivity contribution in [3.63, 3.8) is 0 Å². The minimum absolute atomic E-state index is 0. The van der Waals surface area contributed by atoms with Gasteiger partial charge in [-0.15, -0.1) is 12.4 Å². The lowest BCUT2D eigenvalue weighted by atomic mass is 10.2. The zero-order chi connectivity index (χ0) is 16.1. The van der Waals surface area contributed by atoms with Gasteiger partial charge in [0.1, 0.15) is 17.3 Å². The smallest absolute Gasteiger partial charge is 0.237 e. The van der Waals surface area contributed by atoms with E-state index in [2.05, 4.69) is 10.6 Å². The molecule has 0 spiro atoms. The molecule has 1 heterocycles. The Bertz CT molecular complexity index is 656. The van der Waals surface area contributed by atoms with Crippen LogP contribution in [0.2, 0.25) is 0 Å². The van der Waals surface area contributed by atoms with Crippen LogP contribution in [-0.4, -0.2) is 18.5 Å². The minimum Gasteiger partial charge on any atom is -0.457 e. The van der Waals surface area contributed by atoms with Gasteiger partial charge >= 0.3 is 0 Å². The molecule has 0 aromatic heterocycles. The molecule has 1 amide bonds. The van der Waals surface area contributed by atoms with E-state index in [1.54, 1.807) is 12.1 Å². The molecule has 1 atom stereocenters. The molecule has 1 unspecified atom stereocenters. The molecule has 0 aliphatic carbocycles. The topological polar surface area (TPSA) is 50.4 Å². The second kappa shape index (κ2) is 8.66. The van der Waals surface area contributed by atoms with Crippen molar-refractivity contribution in [2.24, 2.45) is 0 Å². The zero-order valence-electron chi connectivity index (χ0n) is 13.1. The molecule has 2 N–H and O–H groups in total. The van der Waals surface area contributed by atoms with Gasteiger partial charge in [-0.25, -0.2) is 4.39 Å². The van der Waals surface area contributed by atoms with Crippen LogP contribution in [0.25, 0.3) is 0 Å². The Kier molecular flexibility index (Phi) is 6.58. The molecule has 0 bridgehead atoms. The largest absolute Gasteiger partial charge is 0.457 e. The number of hydrogen-bond donors (Lipinski definition) is 2. The Hall–Kier alpha value is -2.11. The Balaban J connectivity index is 0.00000208. The van der Waals surface area contributed by atoms with Crippen LogP contribution in [0.5, 0.6) is 11.5 Å². The van der Waals surface area contributed by atoms with Crippen LogP contribution in [-0.2, 0) is 11.3 Å². The number of halogens is 2. The molecule has 2 aromatic rings. The zero-order valence-corrected chi connectivity index (χ0v) is 13.9. The lowest BCUT2D eigenvalue weighted by molar-refractivity contribution is -0.122. The molecule has 0 radical (unpaired) electrons.